The van der Waals surface area contributed by atoms with Crippen molar-refractivity contribution < 1.29 is 9.47 Å². The molecule has 1 aromatic heterocycles. The van der Waals surface area contributed by atoms with Crippen LogP contribution in [0.5, 0.6) is 11.6 Å². The van der Waals surface area contributed by atoms with E-state index in [1.54, 1.807) is 0 Å². The third-order valence-electron chi connectivity index (χ3n) is 4.38. The molecule has 26 heavy (non-hydrogen) atoms. The van der Waals surface area contributed by atoms with E-state index in [2.05, 4.69) is 44.0 Å². The first kappa shape index (κ1) is 17.9. The van der Waals surface area contributed by atoms with Gasteiger partial charge in [0.05, 0.1) is 18.1 Å². The average Bonchev–Trinajstić information content (AvgIpc) is 3.03. The number of allylic oxidation sites excluding steroid dienone is 1. The molecule has 3 N–H and O–H groups in total. The van der Waals surface area contributed by atoms with Crippen molar-refractivity contribution in [2.45, 2.75) is 45.4 Å². The first-order valence-corrected chi connectivity index (χ1v) is 8.76. The lowest BCUT2D eigenvalue weighted by Gasteiger charge is -2.27. The number of hydrogen-bond acceptors (Lipinski definition) is 5. The first-order valence-electron chi connectivity index (χ1n) is 8.76. The molecule has 136 valence electrons. The van der Waals surface area contributed by atoms with E-state index in [1.807, 2.05) is 24.3 Å². The minimum Gasteiger partial charge on any atom is -0.494 e. The van der Waals surface area contributed by atoms with Gasteiger partial charge in [-0.05, 0) is 24.1 Å². The second-order valence-electron chi connectivity index (χ2n) is 7.41. The fourth-order valence-corrected chi connectivity index (χ4v) is 3.13. The quantitative estimate of drug-likeness (QED) is 0.874. The van der Waals surface area contributed by atoms with Crippen LogP contribution in [0.25, 0.3) is 0 Å². The Morgan fingerprint density at radius 1 is 1.31 bits per heavy atom. The lowest BCUT2D eigenvalue weighted by atomic mass is 9.79. The average molecular weight is 352 g/mol. The largest absolute Gasteiger partial charge is 0.494 e. The van der Waals surface area contributed by atoms with Crippen LogP contribution in [0.2, 0.25) is 0 Å². The summed E-state index contributed by atoms with van der Waals surface area (Å²) in [6.07, 6.45) is 0.951. The van der Waals surface area contributed by atoms with E-state index in [9.17, 15) is 5.26 Å². The van der Waals surface area contributed by atoms with Gasteiger partial charge in [-0.1, -0.05) is 39.8 Å². The maximum absolute atomic E-state index is 9.70. The maximum atomic E-state index is 9.70. The highest BCUT2D eigenvalue weighted by molar-refractivity contribution is 5.56. The second kappa shape index (κ2) is 6.75. The summed E-state index contributed by atoms with van der Waals surface area (Å²) in [6, 6.07) is 9.99. The molecule has 3 rings (SSSR count). The van der Waals surface area contributed by atoms with E-state index in [0.717, 1.165) is 29.0 Å². The SMILES string of the molecule is CCCOc1ccc([C@H]2C(C#N)=C(N)Oc3n[nH]c(C(C)(C)C)c32)cc1. The van der Waals surface area contributed by atoms with Crippen LogP contribution in [-0.4, -0.2) is 16.8 Å². The lowest BCUT2D eigenvalue weighted by molar-refractivity contribution is 0.317. The third kappa shape index (κ3) is 3.13. The van der Waals surface area contributed by atoms with Crippen molar-refractivity contribution in [3.63, 3.8) is 0 Å². The Balaban J connectivity index is 2.10. The van der Waals surface area contributed by atoms with Crippen LogP contribution in [0.4, 0.5) is 0 Å². The molecule has 0 saturated heterocycles. The highest BCUT2D eigenvalue weighted by atomic mass is 16.5. The Labute approximate surface area is 153 Å². The van der Waals surface area contributed by atoms with Gasteiger partial charge in [-0.15, -0.1) is 5.10 Å². The number of ether oxygens (including phenoxy) is 2. The maximum Gasteiger partial charge on any atom is 0.244 e. The van der Waals surface area contributed by atoms with Gasteiger partial charge >= 0.3 is 0 Å². The van der Waals surface area contributed by atoms with Gasteiger partial charge in [-0.2, -0.15) is 5.26 Å². The standard InChI is InChI=1S/C20H24N4O2/c1-5-10-25-13-8-6-12(7-9-13)15-14(11-21)18(22)26-19-16(15)17(23-24-19)20(2,3)4/h6-9,15H,5,10,22H2,1-4H3,(H,23,24)/t15-/m0/s1. The molecule has 2 aromatic rings. The highest BCUT2D eigenvalue weighted by Gasteiger charge is 2.37. The van der Waals surface area contributed by atoms with E-state index in [4.69, 9.17) is 15.2 Å². The Morgan fingerprint density at radius 2 is 2.00 bits per heavy atom. The van der Waals surface area contributed by atoms with Crippen molar-refractivity contribution >= 4 is 0 Å². The van der Waals surface area contributed by atoms with Gasteiger partial charge in [0.25, 0.3) is 0 Å². The summed E-state index contributed by atoms with van der Waals surface area (Å²) in [7, 11) is 0. The van der Waals surface area contributed by atoms with E-state index < -0.39 is 0 Å². The van der Waals surface area contributed by atoms with E-state index in [1.165, 1.54) is 0 Å². The second-order valence-corrected chi connectivity index (χ2v) is 7.41. The van der Waals surface area contributed by atoms with Crippen molar-refractivity contribution in [1.82, 2.24) is 10.2 Å². The summed E-state index contributed by atoms with van der Waals surface area (Å²) in [5.41, 5.74) is 8.97. The van der Waals surface area contributed by atoms with E-state index >= 15 is 0 Å². The number of nitrogens with two attached hydrogens (primary N) is 1. The fraction of sp³-hybridized carbons (Fsp3) is 0.400. The van der Waals surface area contributed by atoms with Crippen molar-refractivity contribution in [3.8, 4) is 17.7 Å². The Bertz CT molecular complexity index is 867. The molecule has 0 bridgehead atoms. The zero-order valence-corrected chi connectivity index (χ0v) is 15.6. The minimum atomic E-state index is -0.322. The zero-order valence-electron chi connectivity index (χ0n) is 15.6. The minimum absolute atomic E-state index is 0.100. The number of fused-ring (bicyclic) bond motifs is 1. The number of nitrogens with zero attached hydrogens (tertiary/aromatic N) is 2. The van der Waals surface area contributed by atoms with Gasteiger partial charge in [-0.3, -0.25) is 5.10 Å². The van der Waals surface area contributed by atoms with Crippen molar-refractivity contribution in [1.29, 1.82) is 5.26 Å². The molecule has 6 nitrogen and oxygen atoms in total. The molecule has 1 aliphatic heterocycles. The van der Waals surface area contributed by atoms with Gasteiger partial charge in [-0.25, -0.2) is 0 Å². The number of rotatable bonds is 4. The third-order valence-corrected chi connectivity index (χ3v) is 4.38. The van der Waals surface area contributed by atoms with Crippen LogP contribution in [0, 0.1) is 11.3 Å². The molecule has 0 unspecified atom stereocenters. The van der Waals surface area contributed by atoms with Crippen LogP contribution in [0.3, 0.4) is 0 Å². The smallest absolute Gasteiger partial charge is 0.244 e. The Kier molecular flexibility index (Phi) is 4.64. The molecule has 0 amide bonds. The predicted molar refractivity (Wildman–Crippen MR) is 98.8 cm³/mol. The van der Waals surface area contributed by atoms with Crippen LogP contribution in [0.1, 0.15) is 56.9 Å². The topological polar surface area (TPSA) is 96.9 Å². The predicted octanol–water partition coefficient (Wildman–Crippen LogP) is 3.71. The number of nitriles is 1. The number of nitrogens with one attached hydrogen (secondary N) is 1. The molecule has 1 aliphatic rings. The lowest BCUT2D eigenvalue weighted by Crippen LogP contribution is -2.23. The molecular formula is C20H24N4O2. The molecule has 1 aromatic carbocycles. The molecule has 2 heterocycles. The van der Waals surface area contributed by atoms with Crippen LogP contribution in [0.15, 0.2) is 35.7 Å². The summed E-state index contributed by atoms with van der Waals surface area (Å²) < 4.78 is 11.3. The normalized spacial score (nSPS) is 16.7. The molecule has 0 fully saturated rings. The molecule has 6 heteroatoms. The van der Waals surface area contributed by atoms with Gasteiger partial charge in [0.15, 0.2) is 0 Å². The summed E-state index contributed by atoms with van der Waals surface area (Å²) in [4.78, 5) is 0. The van der Waals surface area contributed by atoms with Crippen LogP contribution in [-0.2, 0) is 5.41 Å². The fourth-order valence-electron chi connectivity index (χ4n) is 3.13. The Hall–Kier alpha value is -2.94. The Morgan fingerprint density at radius 3 is 2.58 bits per heavy atom. The summed E-state index contributed by atoms with van der Waals surface area (Å²) in [5, 5.41) is 17.0. The zero-order chi connectivity index (χ0) is 18.9. The monoisotopic (exact) mass is 352 g/mol. The van der Waals surface area contributed by atoms with Crippen molar-refractivity contribution in [2.75, 3.05) is 6.61 Å². The van der Waals surface area contributed by atoms with Gasteiger partial charge in [0.1, 0.15) is 17.4 Å². The molecule has 0 spiro atoms. The first-order chi connectivity index (χ1) is 12.4. The van der Waals surface area contributed by atoms with Gasteiger partial charge in [0.2, 0.25) is 11.8 Å². The molecule has 0 saturated carbocycles. The summed E-state index contributed by atoms with van der Waals surface area (Å²) >= 11 is 0. The van der Waals surface area contributed by atoms with Crippen LogP contribution < -0.4 is 15.2 Å². The van der Waals surface area contributed by atoms with Crippen LogP contribution >= 0.6 is 0 Å². The number of benzene rings is 1. The number of aromatic amines is 1. The van der Waals surface area contributed by atoms with E-state index in [0.29, 0.717) is 18.1 Å². The van der Waals surface area contributed by atoms with Gasteiger partial charge < -0.3 is 15.2 Å². The molecule has 1 atom stereocenters. The molecular weight excluding hydrogens is 328 g/mol. The van der Waals surface area contributed by atoms with Crippen molar-refractivity contribution in [2.24, 2.45) is 5.73 Å². The summed E-state index contributed by atoms with van der Waals surface area (Å²) in [5.74, 6) is 1.02. The van der Waals surface area contributed by atoms with Crippen molar-refractivity contribution in [3.05, 3.63) is 52.5 Å². The van der Waals surface area contributed by atoms with E-state index in [-0.39, 0.29) is 17.2 Å². The molecule has 0 aliphatic carbocycles. The molecule has 0 radical (unpaired) electrons. The summed E-state index contributed by atoms with van der Waals surface area (Å²) in [6.45, 7) is 9.01. The highest BCUT2D eigenvalue weighted by Crippen LogP contribution is 2.45. The van der Waals surface area contributed by atoms with Gasteiger partial charge in [0, 0.05) is 11.1 Å². The number of aromatic nitrogens is 2. The number of H-pyrrole nitrogens is 1. The number of hydrogen-bond donors (Lipinski definition) is 2.